The summed E-state index contributed by atoms with van der Waals surface area (Å²) in [6, 6.07) is 1.88. The summed E-state index contributed by atoms with van der Waals surface area (Å²) in [4.78, 5) is 16.2. The molecule has 1 saturated carbocycles. The Kier molecular flexibility index (Phi) is 2.94. The van der Waals surface area contributed by atoms with Gasteiger partial charge in [0.05, 0.1) is 6.20 Å². The lowest BCUT2D eigenvalue weighted by molar-refractivity contribution is -0.117. The van der Waals surface area contributed by atoms with Gasteiger partial charge < -0.3 is 5.32 Å². The Labute approximate surface area is 117 Å². The van der Waals surface area contributed by atoms with Crippen LogP contribution in [0, 0.1) is 18.3 Å². The molecule has 2 heterocycles. The van der Waals surface area contributed by atoms with E-state index in [0.717, 1.165) is 24.1 Å². The van der Waals surface area contributed by atoms with Gasteiger partial charge in [0, 0.05) is 11.5 Å². The van der Waals surface area contributed by atoms with Crippen molar-refractivity contribution in [3.63, 3.8) is 0 Å². The number of carbonyl (C=O) groups is 1. The van der Waals surface area contributed by atoms with Gasteiger partial charge in [-0.2, -0.15) is 0 Å². The highest BCUT2D eigenvalue weighted by Gasteiger charge is 2.30. The number of rotatable bonds is 3. The summed E-state index contributed by atoms with van der Waals surface area (Å²) in [7, 11) is 0. The fourth-order valence-electron chi connectivity index (χ4n) is 2.13. The van der Waals surface area contributed by atoms with Crippen LogP contribution in [0.25, 0.3) is 5.65 Å². The Balaban J connectivity index is 2.04. The van der Waals surface area contributed by atoms with Crippen molar-refractivity contribution in [2.24, 2.45) is 5.92 Å². The number of nitrogens with one attached hydrogen (secondary N) is 1. The van der Waals surface area contributed by atoms with E-state index in [1.165, 1.54) is 0 Å². The van der Waals surface area contributed by atoms with Gasteiger partial charge in [0.25, 0.3) is 0 Å². The van der Waals surface area contributed by atoms with E-state index in [1.807, 2.05) is 6.07 Å². The monoisotopic (exact) mass is 268 g/mol. The van der Waals surface area contributed by atoms with Crippen molar-refractivity contribution >= 4 is 17.4 Å². The maximum Gasteiger partial charge on any atom is 0.228 e. The molecule has 0 saturated heterocycles. The summed E-state index contributed by atoms with van der Waals surface area (Å²) >= 11 is 0. The molecule has 0 aromatic carbocycles. The molecule has 2 aromatic heterocycles. The highest BCUT2D eigenvalue weighted by Crippen LogP contribution is 2.30. The smallest absolute Gasteiger partial charge is 0.228 e. The van der Waals surface area contributed by atoms with Crippen molar-refractivity contribution in [1.29, 1.82) is 0 Å². The van der Waals surface area contributed by atoms with Crippen LogP contribution in [0.2, 0.25) is 0 Å². The molecule has 2 aromatic rings. The molecule has 20 heavy (non-hydrogen) atoms. The van der Waals surface area contributed by atoms with Crippen molar-refractivity contribution in [2.45, 2.75) is 32.6 Å². The molecule has 0 atom stereocenters. The average Bonchev–Trinajstić information content (AvgIpc) is 3.17. The molecule has 0 spiro atoms. The lowest BCUT2D eigenvalue weighted by atomic mass is 10.1. The molecule has 1 N–H and O–H groups in total. The number of imidazole rings is 1. The standard InChI is InChI=1S/C15H16N4O/c1-4-11-8-19-14(16-11)12(9(2)3)7-13(18-19)17-15(20)10-5-6-10/h1,7-10H,5-6H2,2-3H3,(H,17,18,20). The van der Waals surface area contributed by atoms with Crippen LogP contribution >= 0.6 is 0 Å². The van der Waals surface area contributed by atoms with E-state index in [2.05, 4.69) is 35.2 Å². The normalized spacial score (nSPS) is 14.5. The van der Waals surface area contributed by atoms with E-state index < -0.39 is 0 Å². The number of aromatic nitrogens is 3. The van der Waals surface area contributed by atoms with Gasteiger partial charge in [-0.1, -0.05) is 13.8 Å². The SMILES string of the molecule is C#Cc1cn2nc(NC(=O)C3CC3)cc(C(C)C)c2n1. The van der Waals surface area contributed by atoms with E-state index in [4.69, 9.17) is 6.42 Å². The molecule has 3 rings (SSSR count). The molecule has 5 nitrogen and oxygen atoms in total. The first-order valence-corrected chi connectivity index (χ1v) is 6.76. The predicted molar refractivity (Wildman–Crippen MR) is 76.4 cm³/mol. The Morgan fingerprint density at radius 3 is 2.90 bits per heavy atom. The molecule has 1 amide bonds. The van der Waals surface area contributed by atoms with Crippen LogP contribution in [0.5, 0.6) is 0 Å². The Morgan fingerprint density at radius 1 is 1.55 bits per heavy atom. The van der Waals surface area contributed by atoms with Crippen LogP contribution in [-0.4, -0.2) is 20.5 Å². The lowest BCUT2D eigenvalue weighted by Crippen LogP contribution is -2.16. The Bertz CT molecular complexity index is 719. The van der Waals surface area contributed by atoms with Gasteiger partial charge in [-0.05, 0) is 30.7 Å². The highest BCUT2D eigenvalue weighted by molar-refractivity contribution is 5.93. The van der Waals surface area contributed by atoms with Crippen LogP contribution in [0.3, 0.4) is 0 Å². The van der Waals surface area contributed by atoms with Crippen LogP contribution in [0.4, 0.5) is 5.82 Å². The number of carbonyl (C=O) groups excluding carboxylic acids is 1. The van der Waals surface area contributed by atoms with E-state index in [0.29, 0.717) is 11.5 Å². The van der Waals surface area contributed by atoms with E-state index in [9.17, 15) is 4.79 Å². The molecule has 0 bridgehead atoms. The molecule has 0 aliphatic heterocycles. The molecule has 1 aliphatic carbocycles. The molecule has 1 fully saturated rings. The van der Waals surface area contributed by atoms with Crippen molar-refractivity contribution < 1.29 is 4.79 Å². The van der Waals surface area contributed by atoms with Crippen molar-refractivity contribution in [3.05, 3.63) is 23.5 Å². The van der Waals surface area contributed by atoms with E-state index in [-0.39, 0.29) is 17.7 Å². The quantitative estimate of drug-likeness (QED) is 0.868. The molecule has 0 radical (unpaired) electrons. The van der Waals surface area contributed by atoms with Crippen molar-refractivity contribution in [3.8, 4) is 12.3 Å². The number of amides is 1. The second-order valence-corrected chi connectivity index (χ2v) is 5.44. The van der Waals surface area contributed by atoms with Crippen LogP contribution in [-0.2, 0) is 4.79 Å². The fraction of sp³-hybridized carbons (Fsp3) is 0.400. The summed E-state index contributed by atoms with van der Waals surface area (Å²) in [5.74, 6) is 3.53. The Hall–Kier alpha value is -2.35. The third-order valence-electron chi connectivity index (χ3n) is 3.42. The van der Waals surface area contributed by atoms with E-state index in [1.54, 1.807) is 10.7 Å². The number of fused-ring (bicyclic) bond motifs is 1. The molecule has 0 unspecified atom stereocenters. The van der Waals surface area contributed by atoms with Gasteiger partial charge in [0.1, 0.15) is 5.69 Å². The minimum atomic E-state index is 0.0452. The second-order valence-electron chi connectivity index (χ2n) is 5.44. The maximum absolute atomic E-state index is 11.8. The minimum absolute atomic E-state index is 0.0452. The lowest BCUT2D eigenvalue weighted by Gasteiger charge is -2.10. The van der Waals surface area contributed by atoms with Crippen LogP contribution < -0.4 is 5.32 Å². The molecule has 1 aliphatic rings. The van der Waals surface area contributed by atoms with Gasteiger partial charge in [-0.25, -0.2) is 9.50 Å². The van der Waals surface area contributed by atoms with Crippen LogP contribution in [0.15, 0.2) is 12.3 Å². The summed E-state index contributed by atoms with van der Waals surface area (Å²) in [6.45, 7) is 4.15. The van der Waals surface area contributed by atoms with Crippen LogP contribution in [0.1, 0.15) is 43.9 Å². The van der Waals surface area contributed by atoms with Gasteiger partial charge >= 0.3 is 0 Å². The van der Waals surface area contributed by atoms with Gasteiger partial charge in [0.2, 0.25) is 5.91 Å². The largest absolute Gasteiger partial charge is 0.309 e. The first-order valence-electron chi connectivity index (χ1n) is 6.76. The molecule has 102 valence electrons. The zero-order valence-electron chi connectivity index (χ0n) is 11.6. The van der Waals surface area contributed by atoms with Gasteiger partial charge in [-0.15, -0.1) is 11.5 Å². The number of anilines is 1. The van der Waals surface area contributed by atoms with E-state index >= 15 is 0 Å². The average molecular weight is 268 g/mol. The zero-order chi connectivity index (χ0) is 14.3. The summed E-state index contributed by atoms with van der Waals surface area (Å²) < 4.78 is 1.65. The van der Waals surface area contributed by atoms with Crippen molar-refractivity contribution in [1.82, 2.24) is 14.6 Å². The molecule has 5 heteroatoms. The number of hydrogen-bond donors (Lipinski definition) is 1. The third-order valence-corrected chi connectivity index (χ3v) is 3.42. The number of nitrogens with zero attached hydrogens (tertiary/aromatic N) is 3. The topological polar surface area (TPSA) is 59.3 Å². The fourth-order valence-corrected chi connectivity index (χ4v) is 2.13. The summed E-state index contributed by atoms with van der Waals surface area (Å²) in [5.41, 5.74) is 2.31. The van der Waals surface area contributed by atoms with Crippen molar-refractivity contribution in [2.75, 3.05) is 5.32 Å². The Morgan fingerprint density at radius 2 is 2.30 bits per heavy atom. The summed E-state index contributed by atoms with van der Waals surface area (Å²) in [6.07, 6.45) is 9.03. The molecular weight excluding hydrogens is 252 g/mol. The maximum atomic E-state index is 11.8. The third kappa shape index (κ3) is 2.25. The first-order chi connectivity index (χ1) is 9.58. The first kappa shape index (κ1) is 12.7. The summed E-state index contributed by atoms with van der Waals surface area (Å²) in [5, 5.41) is 7.23. The molecular formula is C15H16N4O. The predicted octanol–water partition coefficient (Wildman–Crippen LogP) is 2.18. The number of terminal acetylenes is 1. The minimum Gasteiger partial charge on any atom is -0.309 e. The zero-order valence-corrected chi connectivity index (χ0v) is 11.6. The van der Waals surface area contributed by atoms with Gasteiger partial charge in [-0.3, -0.25) is 4.79 Å². The number of hydrogen-bond acceptors (Lipinski definition) is 3. The second kappa shape index (κ2) is 4.64. The van der Waals surface area contributed by atoms with Gasteiger partial charge in [0.15, 0.2) is 11.5 Å². The highest BCUT2D eigenvalue weighted by atomic mass is 16.2.